The number of hydrogen-bond donors (Lipinski definition) is 0. The van der Waals surface area contributed by atoms with Crippen LogP contribution in [0.25, 0.3) is 0 Å². The molecule has 5 nitrogen and oxygen atoms in total. The van der Waals surface area contributed by atoms with Crippen LogP contribution in [-0.2, 0) is 20.0 Å². The van der Waals surface area contributed by atoms with E-state index in [4.69, 9.17) is 4.74 Å². The molecule has 0 saturated heterocycles. The van der Waals surface area contributed by atoms with Gasteiger partial charge in [-0.1, -0.05) is 0 Å². The summed E-state index contributed by atoms with van der Waals surface area (Å²) < 4.78 is 7.04. The van der Waals surface area contributed by atoms with E-state index in [1.54, 1.807) is 7.11 Å². The van der Waals surface area contributed by atoms with Gasteiger partial charge < -0.3 is 9.64 Å². The molecule has 2 heterocycles. The van der Waals surface area contributed by atoms with Crippen molar-refractivity contribution >= 4 is 5.91 Å². The monoisotopic (exact) mass is 285 g/mol. The third-order valence-corrected chi connectivity index (χ3v) is 3.98. The summed E-state index contributed by atoms with van der Waals surface area (Å²) in [4.78, 5) is 14.5. The van der Waals surface area contributed by atoms with Crippen LogP contribution in [0.5, 0.6) is 5.75 Å². The Morgan fingerprint density at radius 2 is 2.05 bits per heavy atom. The Morgan fingerprint density at radius 1 is 1.29 bits per heavy atom. The average molecular weight is 285 g/mol. The minimum Gasteiger partial charge on any atom is -0.497 e. The van der Waals surface area contributed by atoms with Crippen LogP contribution in [0.2, 0.25) is 0 Å². The molecule has 0 unspecified atom stereocenters. The summed E-state index contributed by atoms with van der Waals surface area (Å²) in [5.74, 6) is 0.825. The summed E-state index contributed by atoms with van der Waals surface area (Å²) in [5.41, 5.74) is 3.08. The third-order valence-electron chi connectivity index (χ3n) is 3.98. The van der Waals surface area contributed by atoms with Crippen molar-refractivity contribution in [1.29, 1.82) is 0 Å². The van der Waals surface area contributed by atoms with Gasteiger partial charge in [0.15, 0.2) is 0 Å². The molecule has 5 heteroatoms. The lowest BCUT2D eigenvalue weighted by Gasteiger charge is -2.20. The van der Waals surface area contributed by atoms with E-state index in [2.05, 4.69) is 5.10 Å². The highest BCUT2D eigenvalue weighted by Gasteiger charge is 2.22. The summed E-state index contributed by atoms with van der Waals surface area (Å²) in [6, 6.07) is 7.27. The van der Waals surface area contributed by atoms with Crippen LogP contribution in [0, 0.1) is 0 Å². The van der Waals surface area contributed by atoms with Crippen LogP contribution >= 0.6 is 0 Å². The quantitative estimate of drug-likeness (QED) is 0.848. The molecule has 3 rings (SSSR count). The van der Waals surface area contributed by atoms with Crippen molar-refractivity contribution in [3.63, 3.8) is 0 Å². The summed E-state index contributed by atoms with van der Waals surface area (Å²) in [5, 5.41) is 4.29. The Kier molecular flexibility index (Phi) is 3.64. The maximum absolute atomic E-state index is 12.6. The highest BCUT2D eigenvalue weighted by molar-refractivity contribution is 5.94. The molecule has 110 valence electrons. The minimum absolute atomic E-state index is 0.0642. The molecular weight excluding hydrogens is 266 g/mol. The summed E-state index contributed by atoms with van der Waals surface area (Å²) in [6.07, 6.45) is 3.81. The van der Waals surface area contributed by atoms with Crippen molar-refractivity contribution in [2.24, 2.45) is 7.05 Å². The molecule has 2 aromatic rings. The van der Waals surface area contributed by atoms with Gasteiger partial charge in [0, 0.05) is 37.0 Å². The molecule has 1 aromatic carbocycles. The topological polar surface area (TPSA) is 47.4 Å². The van der Waals surface area contributed by atoms with E-state index >= 15 is 0 Å². The van der Waals surface area contributed by atoms with Crippen molar-refractivity contribution < 1.29 is 9.53 Å². The van der Waals surface area contributed by atoms with E-state index in [0.717, 1.165) is 30.7 Å². The van der Waals surface area contributed by atoms with Gasteiger partial charge in [-0.3, -0.25) is 9.48 Å². The van der Waals surface area contributed by atoms with E-state index in [1.807, 2.05) is 47.1 Å². The van der Waals surface area contributed by atoms with E-state index in [9.17, 15) is 4.79 Å². The molecule has 1 aliphatic rings. The lowest BCUT2D eigenvalue weighted by Crippen LogP contribution is -2.30. The molecule has 0 aliphatic carbocycles. The molecule has 1 amide bonds. The fourth-order valence-electron chi connectivity index (χ4n) is 2.77. The van der Waals surface area contributed by atoms with Gasteiger partial charge in [0.1, 0.15) is 5.75 Å². The Balaban J connectivity index is 1.81. The second-order valence-electron chi connectivity index (χ2n) is 5.30. The second-order valence-corrected chi connectivity index (χ2v) is 5.30. The van der Waals surface area contributed by atoms with E-state index in [1.165, 1.54) is 5.69 Å². The number of hydrogen-bond acceptors (Lipinski definition) is 3. The Hall–Kier alpha value is -2.30. The fraction of sp³-hybridized carbons (Fsp3) is 0.375. The molecule has 0 bridgehead atoms. The summed E-state index contributed by atoms with van der Waals surface area (Å²) >= 11 is 0. The van der Waals surface area contributed by atoms with Gasteiger partial charge >= 0.3 is 0 Å². The van der Waals surface area contributed by atoms with Crippen molar-refractivity contribution in [3.05, 3.63) is 47.3 Å². The van der Waals surface area contributed by atoms with Gasteiger partial charge in [-0.15, -0.1) is 0 Å². The predicted molar refractivity (Wildman–Crippen MR) is 79.3 cm³/mol. The highest BCUT2D eigenvalue weighted by Crippen LogP contribution is 2.20. The van der Waals surface area contributed by atoms with Crippen LogP contribution in [0.3, 0.4) is 0 Å². The van der Waals surface area contributed by atoms with E-state index < -0.39 is 0 Å². The van der Waals surface area contributed by atoms with Crippen molar-refractivity contribution in [2.75, 3.05) is 13.7 Å². The molecule has 0 N–H and O–H groups in total. The molecule has 0 spiro atoms. The number of carbonyl (C=O) groups excluding carboxylic acids is 1. The van der Waals surface area contributed by atoms with Gasteiger partial charge in [-0.2, -0.15) is 5.10 Å². The zero-order valence-electron chi connectivity index (χ0n) is 12.4. The number of aryl methyl sites for hydroxylation is 1. The molecule has 1 aromatic heterocycles. The number of carbonyl (C=O) groups is 1. The fourth-order valence-corrected chi connectivity index (χ4v) is 2.77. The first-order valence-corrected chi connectivity index (χ1v) is 7.12. The Labute approximate surface area is 124 Å². The zero-order valence-corrected chi connectivity index (χ0v) is 12.4. The second kappa shape index (κ2) is 5.60. The van der Waals surface area contributed by atoms with Crippen molar-refractivity contribution in [3.8, 4) is 5.75 Å². The smallest absolute Gasteiger partial charge is 0.254 e. The highest BCUT2D eigenvalue weighted by atomic mass is 16.5. The largest absolute Gasteiger partial charge is 0.497 e. The molecule has 1 aliphatic heterocycles. The molecular formula is C16H19N3O2. The van der Waals surface area contributed by atoms with Crippen LogP contribution in [0.4, 0.5) is 0 Å². The van der Waals surface area contributed by atoms with Gasteiger partial charge in [-0.05, 0) is 37.1 Å². The van der Waals surface area contributed by atoms with E-state index in [-0.39, 0.29) is 5.91 Å². The van der Waals surface area contributed by atoms with Crippen LogP contribution in [0.1, 0.15) is 28.0 Å². The SMILES string of the molecule is COc1ccc(C(=O)N2CCCc3c(cnn3C)C2)cc1. The number of aromatic nitrogens is 2. The number of fused-ring (bicyclic) bond motifs is 1. The standard InChI is InChI=1S/C16H19N3O2/c1-18-15-4-3-9-19(11-13(15)10-17-18)16(20)12-5-7-14(21-2)8-6-12/h5-8,10H,3-4,9,11H2,1-2H3. The number of amides is 1. The maximum atomic E-state index is 12.6. The predicted octanol–water partition coefficient (Wildman–Crippen LogP) is 2.02. The van der Waals surface area contributed by atoms with Gasteiger partial charge in [-0.25, -0.2) is 0 Å². The molecule has 0 saturated carbocycles. The number of methoxy groups -OCH3 is 1. The van der Waals surface area contributed by atoms with Gasteiger partial charge in [0.2, 0.25) is 0 Å². The van der Waals surface area contributed by atoms with Gasteiger partial charge in [0.05, 0.1) is 13.3 Å². The third kappa shape index (κ3) is 2.63. The molecule has 21 heavy (non-hydrogen) atoms. The first-order chi connectivity index (χ1) is 10.2. The number of benzene rings is 1. The van der Waals surface area contributed by atoms with Crippen LogP contribution in [-0.4, -0.2) is 34.2 Å². The van der Waals surface area contributed by atoms with E-state index in [0.29, 0.717) is 12.1 Å². The average Bonchev–Trinajstić information content (AvgIpc) is 2.75. The first kappa shape index (κ1) is 13.7. The maximum Gasteiger partial charge on any atom is 0.254 e. The normalized spacial score (nSPS) is 14.5. The van der Waals surface area contributed by atoms with Gasteiger partial charge in [0.25, 0.3) is 5.91 Å². The number of rotatable bonds is 2. The van der Waals surface area contributed by atoms with Crippen LogP contribution < -0.4 is 4.74 Å². The first-order valence-electron chi connectivity index (χ1n) is 7.12. The zero-order chi connectivity index (χ0) is 14.8. The Bertz CT molecular complexity index is 646. The summed E-state index contributed by atoms with van der Waals surface area (Å²) in [6.45, 7) is 1.41. The molecule has 0 radical (unpaired) electrons. The lowest BCUT2D eigenvalue weighted by molar-refractivity contribution is 0.0746. The Morgan fingerprint density at radius 3 is 2.76 bits per heavy atom. The molecule has 0 fully saturated rings. The van der Waals surface area contributed by atoms with Crippen LogP contribution in [0.15, 0.2) is 30.5 Å². The lowest BCUT2D eigenvalue weighted by atomic mass is 10.1. The minimum atomic E-state index is 0.0642. The number of ether oxygens (including phenoxy) is 1. The summed E-state index contributed by atoms with van der Waals surface area (Å²) in [7, 11) is 3.58. The molecule has 0 atom stereocenters. The number of nitrogens with zero attached hydrogens (tertiary/aromatic N) is 3. The van der Waals surface area contributed by atoms with Crippen molar-refractivity contribution in [1.82, 2.24) is 14.7 Å². The van der Waals surface area contributed by atoms with Crippen molar-refractivity contribution in [2.45, 2.75) is 19.4 Å².